The highest BCUT2D eigenvalue weighted by Gasteiger charge is 2.14. The highest BCUT2D eigenvalue weighted by molar-refractivity contribution is 14.1. The van der Waals surface area contributed by atoms with Gasteiger partial charge in [-0.2, -0.15) is 0 Å². The largest absolute Gasteiger partial charge is 0.507 e. The Bertz CT molecular complexity index is 381. The van der Waals surface area contributed by atoms with Crippen LogP contribution in [-0.2, 0) is 0 Å². The lowest BCUT2D eigenvalue weighted by Crippen LogP contribution is -2.33. The van der Waals surface area contributed by atoms with Gasteiger partial charge in [-0.15, -0.1) is 0 Å². The number of aliphatic hydroxyl groups excluding tert-OH is 1. The average molecular weight is 335 g/mol. The Morgan fingerprint density at radius 3 is 2.69 bits per heavy atom. The molecule has 0 aliphatic carbocycles. The Labute approximate surface area is 108 Å². The van der Waals surface area contributed by atoms with Crippen molar-refractivity contribution in [1.29, 1.82) is 0 Å². The van der Waals surface area contributed by atoms with E-state index in [0.717, 1.165) is 0 Å². The van der Waals surface area contributed by atoms with Gasteiger partial charge in [-0.25, -0.2) is 0 Å². The second-order valence-electron chi connectivity index (χ2n) is 3.27. The van der Waals surface area contributed by atoms with E-state index >= 15 is 0 Å². The van der Waals surface area contributed by atoms with Crippen molar-refractivity contribution in [3.05, 3.63) is 27.3 Å². The molecule has 5 heteroatoms. The Balaban J connectivity index is 2.90. The summed E-state index contributed by atoms with van der Waals surface area (Å²) in [4.78, 5) is 13.5. The van der Waals surface area contributed by atoms with Gasteiger partial charge in [0.05, 0.1) is 10.2 Å². The number of aliphatic hydroxyl groups is 1. The van der Waals surface area contributed by atoms with Gasteiger partial charge < -0.3 is 15.1 Å². The number of carbonyl (C=O) groups excluding carboxylic acids is 1. The van der Waals surface area contributed by atoms with E-state index in [1.54, 1.807) is 12.1 Å². The highest BCUT2D eigenvalue weighted by Crippen LogP contribution is 2.21. The first-order valence-electron chi connectivity index (χ1n) is 4.98. The molecular formula is C11H14INO3. The van der Waals surface area contributed by atoms with Crippen molar-refractivity contribution >= 4 is 28.5 Å². The fraction of sp³-hybridized carbons (Fsp3) is 0.364. The molecule has 0 aliphatic heterocycles. The van der Waals surface area contributed by atoms with E-state index in [1.807, 2.05) is 29.5 Å². The number of halogens is 1. The zero-order chi connectivity index (χ0) is 12.1. The predicted octanol–water partition coefficient (Wildman–Crippen LogP) is 1.45. The average Bonchev–Trinajstić information content (AvgIpc) is 2.28. The maximum absolute atomic E-state index is 11.9. The molecule has 0 fully saturated rings. The topological polar surface area (TPSA) is 60.8 Å². The number of hydrogen-bond acceptors (Lipinski definition) is 3. The number of carbonyl (C=O) groups is 1. The number of nitrogens with zero attached hydrogens (tertiary/aromatic N) is 1. The second kappa shape index (κ2) is 6.05. The van der Waals surface area contributed by atoms with Crippen molar-refractivity contribution in [3.63, 3.8) is 0 Å². The van der Waals surface area contributed by atoms with Crippen LogP contribution in [0.5, 0.6) is 5.75 Å². The molecule has 88 valence electrons. The molecule has 16 heavy (non-hydrogen) atoms. The number of hydrogen-bond donors (Lipinski definition) is 2. The number of likely N-dealkylation sites (N-methyl/N-ethyl adjacent to an activating group) is 1. The van der Waals surface area contributed by atoms with Crippen LogP contribution in [0.2, 0.25) is 0 Å². The van der Waals surface area contributed by atoms with Crippen molar-refractivity contribution in [1.82, 2.24) is 4.90 Å². The van der Waals surface area contributed by atoms with E-state index in [-0.39, 0.29) is 18.3 Å². The molecule has 0 unspecified atom stereocenters. The summed E-state index contributed by atoms with van der Waals surface area (Å²) in [6, 6.07) is 4.81. The molecule has 0 aromatic heterocycles. The normalized spacial score (nSPS) is 10.2. The first-order valence-corrected chi connectivity index (χ1v) is 6.06. The van der Waals surface area contributed by atoms with Gasteiger partial charge in [-0.1, -0.05) is 0 Å². The minimum absolute atomic E-state index is 0.0596. The summed E-state index contributed by atoms with van der Waals surface area (Å²) in [5, 5.41) is 18.3. The van der Waals surface area contributed by atoms with Crippen molar-refractivity contribution in [3.8, 4) is 5.75 Å². The number of phenolic OH excluding ortho intramolecular Hbond substituents is 1. The lowest BCUT2D eigenvalue weighted by atomic mass is 10.2. The standard InChI is InChI=1S/C11H14INO3/c1-2-13(5-6-14)11(16)8-3-4-9(12)10(15)7-8/h3-4,7,14-15H,2,5-6H2,1H3. The van der Waals surface area contributed by atoms with Crippen molar-refractivity contribution in [2.24, 2.45) is 0 Å². The molecule has 4 nitrogen and oxygen atoms in total. The van der Waals surface area contributed by atoms with Crippen LogP contribution in [0.1, 0.15) is 17.3 Å². The van der Waals surface area contributed by atoms with Crippen LogP contribution in [0.3, 0.4) is 0 Å². The minimum Gasteiger partial charge on any atom is -0.507 e. The van der Waals surface area contributed by atoms with E-state index in [1.165, 1.54) is 11.0 Å². The van der Waals surface area contributed by atoms with E-state index in [0.29, 0.717) is 22.2 Å². The van der Waals surface area contributed by atoms with Gasteiger partial charge in [0.1, 0.15) is 5.75 Å². The van der Waals surface area contributed by atoms with Crippen LogP contribution in [0.15, 0.2) is 18.2 Å². The summed E-state index contributed by atoms with van der Waals surface area (Å²) in [7, 11) is 0. The van der Waals surface area contributed by atoms with E-state index in [2.05, 4.69) is 0 Å². The number of benzene rings is 1. The van der Waals surface area contributed by atoms with Crippen LogP contribution in [-0.4, -0.2) is 40.7 Å². The van der Waals surface area contributed by atoms with Gasteiger partial charge >= 0.3 is 0 Å². The zero-order valence-electron chi connectivity index (χ0n) is 8.98. The fourth-order valence-corrected chi connectivity index (χ4v) is 1.69. The number of phenols is 1. The molecule has 0 atom stereocenters. The van der Waals surface area contributed by atoms with Crippen LogP contribution < -0.4 is 0 Å². The molecule has 0 aliphatic rings. The second-order valence-corrected chi connectivity index (χ2v) is 4.44. The third-order valence-electron chi connectivity index (χ3n) is 2.23. The molecule has 1 aromatic rings. The number of rotatable bonds is 4. The van der Waals surface area contributed by atoms with Gasteiger partial charge in [0, 0.05) is 18.7 Å². The predicted molar refractivity (Wildman–Crippen MR) is 69.5 cm³/mol. The van der Waals surface area contributed by atoms with Gasteiger partial charge in [0.15, 0.2) is 0 Å². The first-order chi connectivity index (χ1) is 7.60. The van der Waals surface area contributed by atoms with E-state index in [4.69, 9.17) is 5.11 Å². The Morgan fingerprint density at radius 1 is 1.50 bits per heavy atom. The Morgan fingerprint density at radius 2 is 2.19 bits per heavy atom. The molecule has 0 heterocycles. The monoisotopic (exact) mass is 335 g/mol. The molecule has 0 saturated carbocycles. The molecule has 0 saturated heterocycles. The zero-order valence-corrected chi connectivity index (χ0v) is 11.1. The molecule has 1 aromatic carbocycles. The summed E-state index contributed by atoms with van der Waals surface area (Å²) in [6.07, 6.45) is 0. The van der Waals surface area contributed by atoms with Crippen molar-refractivity contribution < 1.29 is 15.0 Å². The lowest BCUT2D eigenvalue weighted by Gasteiger charge is -2.19. The molecule has 0 radical (unpaired) electrons. The van der Waals surface area contributed by atoms with Gasteiger partial charge in [0.2, 0.25) is 0 Å². The van der Waals surface area contributed by atoms with E-state index < -0.39 is 0 Å². The minimum atomic E-state index is -0.178. The quantitative estimate of drug-likeness (QED) is 0.819. The smallest absolute Gasteiger partial charge is 0.254 e. The van der Waals surface area contributed by atoms with Crippen molar-refractivity contribution in [2.75, 3.05) is 19.7 Å². The Kier molecular flexibility index (Phi) is 5.01. The number of amides is 1. The Hall–Kier alpha value is -0.820. The highest BCUT2D eigenvalue weighted by atomic mass is 127. The molecule has 0 bridgehead atoms. The van der Waals surface area contributed by atoms with Gasteiger partial charge in [-0.05, 0) is 47.7 Å². The van der Waals surface area contributed by atoms with Crippen LogP contribution in [0.25, 0.3) is 0 Å². The third kappa shape index (κ3) is 3.08. The summed E-state index contributed by atoms with van der Waals surface area (Å²) in [6.45, 7) is 2.63. The summed E-state index contributed by atoms with van der Waals surface area (Å²) >= 11 is 1.99. The summed E-state index contributed by atoms with van der Waals surface area (Å²) < 4.78 is 0.708. The summed E-state index contributed by atoms with van der Waals surface area (Å²) in [5.74, 6) is -0.0743. The van der Waals surface area contributed by atoms with Gasteiger partial charge in [-0.3, -0.25) is 4.79 Å². The van der Waals surface area contributed by atoms with Crippen molar-refractivity contribution in [2.45, 2.75) is 6.92 Å². The van der Waals surface area contributed by atoms with Crippen LogP contribution in [0, 0.1) is 3.57 Å². The third-order valence-corrected chi connectivity index (χ3v) is 3.14. The summed E-state index contributed by atoms with van der Waals surface area (Å²) in [5.41, 5.74) is 0.438. The van der Waals surface area contributed by atoms with E-state index in [9.17, 15) is 9.90 Å². The molecule has 2 N–H and O–H groups in total. The molecular weight excluding hydrogens is 321 g/mol. The number of aromatic hydroxyl groups is 1. The molecule has 1 rings (SSSR count). The maximum Gasteiger partial charge on any atom is 0.254 e. The van der Waals surface area contributed by atoms with Crippen LogP contribution >= 0.6 is 22.6 Å². The molecule has 1 amide bonds. The first kappa shape index (κ1) is 13.2. The molecule has 0 spiro atoms. The lowest BCUT2D eigenvalue weighted by molar-refractivity contribution is 0.0731. The SMILES string of the molecule is CCN(CCO)C(=O)c1ccc(I)c(O)c1. The maximum atomic E-state index is 11.9. The fourth-order valence-electron chi connectivity index (χ4n) is 1.35. The van der Waals surface area contributed by atoms with Gasteiger partial charge in [0.25, 0.3) is 5.91 Å². The van der Waals surface area contributed by atoms with Crippen LogP contribution in [0.4, 0.5) is 0 Å².